The molecule has 1 aliphatic heterocycles. The molecule has 0 aliphatic carbocycles. The first-order valence-electron chi connectivity index (χ1n) is 6.40. The quantitative estimate of drug-likeness (QED) is 0.905. The molecule has 2 rings (SSSR count). The Morgan fingerprint density at radius 3 is 2.78 bits per heavy atom. The first-order chi connectivity index (χ1) is 8.58. The fourth-order valence-corrected chi connectivity index (χ4v) is 2.56. The van der Waals surface area contributed by atoms with E-state index in [0.717, 1.165) is 19.5 Å². The van der Waals surface area contributed by atoms with E-state index in [9.17, 15) is 4.39 Å². The third-order valence-electron chi connectivity index (χ3n) is 3.38. The molecule has 0 aromatic heterocycles. The van der Waals surface area contributed by atoms with Gasteiger partial charge in [-0.05, 0) is 31.0 Å². The lowest BCUT2D eigenvalue weighted by molar-refractivity contribution is 0.0970. The van der Waals surface area contributed by atoms with Crippen molar-refractivity contribution in [3.63, 3.8) is 0 Å². The summed E-state index contributed by atoms with van der Waals surface area (Å²) < 4.78 is 19.3. The third-order valence-corrected chi connectivity index (χ3v) is 3.69. The van der Waals surface area contributed by atoms with E-state index in [1.54, 1.807) is 6.07 Å². The second-order valence-electron chi connectivity index (χ2n) is 5.16. The first kappa shape index (κ1) is 13.6. The van der Waals surface area contributed by atoms with E-state index in [-0.39, 0.29) is 11.1 Å². The summed E-state index contributed by atoms with van der Waals surface area (Å²) in [6, 6.07) is 4.62. The van der Waals surface area contributed by atoms with Crippen molar-refractivity contribution in [3.8, 4) is 5.75 Å². The van der Waals surface area contributed by atoms with Gasteiger partial charge in [-0.3, -0.25) is 0 Å². The Balaban J connectivity index is 2.10. The van der Waals surface area contributed by atoms with Gasteiger partial charge in [0.25, 0.3) is 0 Å². The van der Waals surface area contributed by atoms with Crippen LogP contribution in [0.25, 0.3) is 0 Å². The van der Waals surface area contributed by atoms with Crippen LogP contribution in [0.4, 0.5) is 4.39 Å². The van der Waals surface area contributed by atoms with Gasteiger partial charge in [0.15, 0.2) is 0 Å². The molecule has 0 radical (unpaired) electrons. The van der Waals surface area contributed by atoms with Gasteiger partial charge in [0.2, 0.25) is 0 Å². The molecule has 4 heteroatoms. The summed E-state index contributed by atoms with van der Waals surface area (Å²) >= 11 is 5.67. The summed E-state index contributed by atoms with van der Waals surface area (Å²) in [5.74, 6) is 1.01. The van der Waals surface area contributed by atoms with Gasteiger partial charge >= 0.3 is 0 Å². The van der Waals surface area contributed by atoms with Crippen LogP contribution >= 0.6 is 11.6 Å². The molecule has 2 nitrogen and oxygen atoms in total. The van der Waals surface area contributed by atoms with E-state index in [1.807, 2.05) is 0 Å². The highest BCUT2D eigenvalue weighted by atomic mass is 35.5. The molecular weight excluding hydrogens is 253 g/mol. The molecule has 18 heavy (non-hydrogen) atoms. The fraction of sp³-hybridized carbons (Fsp3) is 0.571. The zero-order valence-corrected chi connectivity index (χ0v) is 11.5. The van der Waals surface area contributed by atoms with Crippen molar-refractivity contribution in [2.75, 3.05) is 13.1 Å². The second-order valence-corrected chi connectivity index (χ2v) is 5.56. The van der Waals surface area contributed by atoms with E-state index in [4.69, 9.17) is 16.3 Å². The number of hydrogen-bond donors (Lipinski definition) is 1. The lowest BCUT2D eigenvalue weighted by atomic mass is 9.92. The number of nitrogens with one attached hydrogen (secondary N) is 1. The normalized spacial score (nSPS) is 21.3. The largest absolute Gasteiger partial charge is 0.490 e. The Kier molecular flexibility index (Phi) is 4.46. The van der Waals surface area contributed by atoms with Gasteiger partial charge < -0.3 is 10.1 Å². The number of hydrogen-bond acceptors (Lipinski definition) is 2. The van der Waals surface area contributed by atoms with E-state index >= 15 is 0 Å². The van der Waals surface area contributed by atoms with Crippen LogP contribution in [0.3, 0.4) is 0 Å². The standard InChI is InChI=1S/C14H19ClFNO/c1-9(2)14(10-5-6-17-8-10)18-11-3-4-12(15)13(16)7-11/h3-4,7,9-10,14,17H,5-6,8H2,1-2H3/t10?,14-/m0/s1. The molecule has 0 spiro atoms. The van der Waals surface area contributed by atoms with Crippen LogP contribution in [0, 0.1) is 17.7 Å². The molecule has 1 unspecified atom stereocenters. The average Bonchev–Trinajstić information content (AvgIpc) is 2.83. The van der Waals surface area contributed by atoms with Crippen LogP contribution in [-0.2, 0) is 0 Å². The van der Waals surface area contributed by atoms with Gasteiger partial charge in [-0.1, -0.05) is 25.4 Å². The van der Waals surface area contributed by atoms with Crippen molar-refractivity contribution >= 4 is 11.6 Å². The van der Waals surface area contributed by atoms with Gasteiger partial charge in [-0.2, -0.15) is 0 Å². The molecule has 0 bridgehead atoms. The molecule has 1 aromatic carbocycles. The molecule has 1 saturated heterocycles. The number of rotatable bonds is 4. The topological polar surface area (TPSA) is 21.3 Å². The summed E-state index contributed by atoms with van der Waals surface area (Å²) in [6.45, 7) is 6.27. The van der Waals surface area contributed by atoms with E-state index in [2.05, 4.69) is 19.2 Å². The molecule has 0 amide bonds. The predicted molar refractivity (Wildman–Crippen MR) is 71.6 cm³/mol. The Bertz CT molecular complexity index is 405. The third kappa shape index (κ3) is 3.15. The summed E-state index contributed by atoms with van der Waals surface area (Å²) in [4.78, 5) is 0. The highest BCUT2D eigenvalue weighted by Gasteiger charge is 2.29. The minimum absolute atomic E-state index is 0.112. The summed E-state index contributed by atoms with van der Waals surface area (Å²) in [5.41, 5.74) is 0. The molecule has 0 saturated carbocycles. The molecule has 1 heterocycles. The van der Waals surface area contributed by atoms with Gasteiger partial charge in [0, 0.05) is 18.5 Å². The minimum Gasteiger partial charge on any atom is -0.490 e. The molecule has 2 atom stereocenters. The maximum Gasteiger partial charge on any atom is 0.145 e. The highest BCUT2D eigenvalue weighted by Crippen LogP contribution is 2.27. The number of halogens is 2. The Morgan fingerprint density at radius 1 is 1.44 bits per heavy atom. The summed E-state index contributed by atoms with van der Waals surface area (Å²) in [6.07, 6.45) is 1.22. The zero-order chi connectivity index (χ0) is 13.1. The monoisotopic (exact) mass is 271 g/mol. The Hall–Kier alpha value is -0.800. The second kappa shape index (κ2) is 5.89. The lowest BCUT2D eigenvalue weighted by Gasteiger charge is -2.27. The van der Waals surface area contributed by atoms with Crippen LogP contribution in [0.15, 0.2) is 18.2 Å². The molecule has 1 aromatic rings. The summed E-state index contributed by atoms with van der Waals surface area (Å²) in [5, 5.41) is 3.47. The van der Waals surface area contributed by atoms with E-state index in [1.165, 1.54) is 12.1 Å². The van der Waals surface area contributed by atoms with Gasteiger partial charge in [-0.25, -0.2) is 4.39 Å². The number of benzene rings is 1. The van der Waals surface area contributed by atoms with Crippen molar-refractivity contribution in [1.29, 1.82) is 0 Å². The minimum atomic E-state index is -0.429. The summed E-state index contributed by atoms with van der Waals surface area (Å²) in [7, 11) is 0. The number of ether oxygens (including phenoxy) is 1. The van der Waals surface area contributed by atoms with Crippen LogP contribution in [0.2, 0.25) is 5.02 Å². The van der Waals surface area contributed by atoms with Crippen molar-refractivity contribution < 1.29 is 9.13 Å². The molecule has 1 fully saturated rings. The zero-order valence-electron chi connectivity index (χ0n) is 10.7. The smallest absolute Gasteiger partial charge is 0.145 e. The SMILES string of the molecule is CC(C)[C@H](Oc1ccc(Cl)c(F)c1)C1CCNC1. The maximum absolute atomic E-state index is 13.4. The fourth-order valence-electron chi connectivity index (χ4n) is 2.44. The Labute approximate surface area is 112 Å². The molecule has 1 aliphatic rings. The average molecular weight is 272 g/mol. The van der Waals surface area contributed by atoms with Crippen molar-refractivity contribution in [3.05, 3.63) is 29.0 Å². The van der Waals surface area contributed by atoms with Gasteiger partial charge in [-0.15, -0.1) is 0 Å². The van der Waals surface area contributed by atoms with Crippen molar-refractivity contribution in [2.45, 2.75) is 26.4 Å². The Morgan fingerprint density at radius 2 is 2.22 bits per heavy atom. The first-order valence-corrected chi connectivity index (χ1v) is 6.78. The molecular formula is C14H19ClFNO. The highest BCUT2D eigenvalue weighted by molar-refractivity contribution is 6.30. The van der Waals surface area contributed by atoms with Crippen molar-refractivity contribution in [2.24, 2.45) is 11.8 Å². The molecule has 100 valence electrons. The van der Waals surface area contributed by atoms with Gasteiger partial charge in [0.05, 0.1) is 5.02 Å². The van der Waals surface area contributed by atoms with Crippen LogP contribution in [0.1, 0.15) is 20.3 Å². The van der Waals surface area contributed by atoms with Gasteiger partial charge in [0.1, 0.15) is 17.7 Å². The molecule has 1 N–H and O–H groups in total. The van der Waals surface area contributed by atoms with E-state index in [0.29, 0.717) is 17.6 Å². The van der Waals surface area contributed by atoms with Crippen LogP contribution in [0.5, 0.6) is 5.75 Å². The van der Waals surface area contributed by atoms with Crippen LogP contribution < -0.4 is 10.1 Å². The van der Waals surface area contributed by atoms with E-state index < -0.39 is 5.82 Å². The van der Waals surface area contributed by atoms with Crippen molar-refractivity contribution in [1.82, 2.24) is 5.32 Å². The van der Waals surface area contributed by atoms with Crippen LogP contribution in [-0.4, -0.2) is 19.2 Å². The lowest BCUT2D eigenvalue weighted by Crippen LogP contribution is -2.33. The maximum atomic E-state index is 13.4. The predicted octanol–water partition coefficient (Wildman–Crippen LogP) is 3.49.